The number of nitrogens with one attached hydrogen (secondary N) is 1. The number of unbranched alkanes of at least 4 members (excludes halogenated alkanes) is 1. The number of rotatable bonds is 6. The summed E-state index contributed by atoms with van der Waals surface area (Å²) in [5, 5.41) is 0. The number of H-pyrrole nitrogens is 1. The molecule has 1 unspecified atom stereocenters. The fraction of sp³-hybridized carbons (Fsp3) is 0.522. The molecule has 7 nitrogen and oxygen atoms in total. The second kappa shape index (κ2) is 9.17. The first-order valence-electron chi connectivity index (χ1n) is 11.3. The summed E-state index contributed by atoms with van der Waals surface area (Å²) in [6.45, 7) is 3.69. The maximum absolute atomic E-state index is 13.0. The summed E-state index contributed by atoms with van der Waals surface area (Å²) in [5.74, 6) is 0.644. The zero-order valence-electron chi connectivity index (χ0n) is 18.8. The SMILES string of the molecule is CCCCn1c(=O)[nH]c(=O)c2c1nc(CN1CCCCC1c1ccc(C(F)(F)F)cc1)n2C. The van der Waals surface area contributed by atoms with Gasteiger partial charge in [-0.1, -0.05) is 31.9 Å². The summed E-state index contributed by atoms with van der Waals surface area (Å²) in [6, 6.07) is 5.31. The number of hydrogen-bond acceptors (Lipinski definition) is 4. The number of nitrogens with zero attached hydrogens (tertiary/aromatic N) is 4. The van der Waals surface area contributed by atoms with Gasteiger partial charge in [0.1, 0.15) is 5.82 Å². The average molecular weight is 464 g/mol. The van der Waals surface area contributed by atoms with Crippen LogP contribution in [0.25, 0.3) is 11.2 Å². The summed E-state index contributed by atoms with van der Waals surface area (Å²) in [6.07, 6.45) is 0.115. The van der Waals surface area contributed by atoms with Crippen molar-refractivity contribution in [1.82, 2.24) is 24.0 Å². The fourth-order valence-corrected chi connectivity index (χ4v) is 4.59. The van der Waals surface area contributed by atoms with E-state index in [1.165, 1.54) is 4.57 Å². The van der Waals surface area contributed by atoms with Crippen molar-refractivity contribution < 1.29 is 13.2 Å². The molecule has 1 N–H and O–H groups in total. The first-order valence-corrected chi connectivity index (χ1v) is 11.3. The van der Waals surface area contributed by atoms with Crippen LogP contribution >= 0.6 is 0 Å². The monoisotopic (exact) mass is 463 g/mol. The molecular formula is C23H28F3N5O2. The Hall–Kier alpha value is -2.88. The molecule has 3 heterocycles. The second-order valence-corrected chi connectivity index (χ2v) is 8.63. The fourth-order valence-electron chi connectivity index (χ4n) is 4.59. The minimum Gasteiger partial charge on any atom is -0.324 e. The maximum Gasteiger partial charge on any atom is 0.416 e. The van der Waals surface area contributed by atoms with Crippen molar-refractivity contribution in [2.45, 2.75) is 64.3 Å². The highest BCUT2D eigenvalue weighted by Gasteiger charge is 2.31. The molecule has 33 heavy (non-hydrogen) atoms. The molecule has 4 rings (SSSR count). The largest absolute Gasteiger partial charge is 0.416 e. The van der Waals surface area contributed by atoms with Crippen LogP contribution in [0.5, 0.6) is 0 Å². The Kier molecular flexibility index (Phi) is 6.47. The van der Waals surface area contributed by atoms with Gasteiger partial charge in [-0.3, -0.25) is 19.2 Å². The van der Waals surface area contributed by atoms with Crippen molar-refractivity contribution in [2.75, 3.05) is 6.54 Å². The van der Waals surface area contributed by atoms with Crippen LogP contribution in [-0.2, 0) is 26.3 Å². The Morgan fingerprint density at radius 2 is 1.88 bits per heavy atom. The van der Waals surface area contributed by atoms with E-state index in [1.807, 2.05) is 6.92 Å². The molecule has 0 saturated carbocycles. The van der Waals surface area contributed by atoms with Gasteiger partial charge in [-0.05, 0) is 43.5 Å². The van der Waals surface area contributed by atoms with Crippen LogP contribution in [0.1, 0.15) is 62.0 Å². The smallest absolute Gasteiger partial charge is 0.324 e. The number of imidazole rings is 1. The Balaban J connectivity index is 1.67. The van der Waals surface area contributed by atoms with Crippen LogP contribution in [-0.4, -0.2) is 30.5 Å². The van der Waals surface area contributed by atoms with E-state index >= 15 is 0 Å². The van der Waals surface area contributed by atoms with Crippen LogP contribution in [0.4, 0.5) is 13.2 Å². The van der Waals surface area contributed by atoms with Crippen LogP contribution in [0.2, 0.25) is 0 Å². The lowest BCUT2D eigenvalue weighted by molar-refractivity contribution is -0.137. The molecule has 3 aromatic rings. The van der Waals surface area contributed by atoms with E-state index in [0.717, 1.165) is 56.3 Å². The van der Waals surface area contributed by atoms with Crippen LogP contribution in [0.15, 0.2) is 33.9 Å². The molecule has 0 radical (unpaired) electrons. The van der Waals surface area contributed by atoms with E-state index < -0.39 is 23.0 Å². The molecule has 0 spiro atoms. The predicted molar refractivity (Wildman–Crippen MR) is 119 cm³/mol. The molecule has 1 aromatic carbocycles. The Morgan fingerprint density at radius 1 is 1.15 bits per heavy atom. The van der Waals surface area contributed by atoms with Crippen molar-refractivity contribution in [3.05, 3.63) is 62.1 Å². The van der Waals surface area contributed by atoms with Gasteiger partial charge in [0.2, 0.25) is 0 Å². The van der Waals surface area contributed by atoms with Gasteiger partial charge in [0.25, 0.3) is 5.56 Å². The zero-order chi connectivity index (χ0) is 23.8. The van der Waals surface area contributed by atoms with Gasteiger partial charge in [0.15, 0.2) is 11.2 Å². The highest BCUT2D eigenvalue weighted by Crippen LogP contribution is 2.35. The second-order valence-electron chi connectivity index (χ2n) is 8.63. The molecule has 10 heteroatoms. The molecule has 0 bridgehead atoms. The molecule has 1 saturated heterocycles. The van der Waals surface area contributed by atoms with Crippen LogP contribution < -0.4 is 11.2 Å². The third-order valence-electron chi connectivity index (χ3n) is 6.42. The van der Waals surface area contributed by atoms with Crippen LogP contribution in [0.3, 0.4) is 0 Å². The van der Waals surface area contributed by atoms with E-state index in [0.29, 0.717) is 30.1 Å². The van der Waals surface area contributed by atoms with Crippen molar-refractivity contribution >= 4 is 11.2 Å². The van der Waals surface area contributed by atoms with Gasteiger partial charge >= 0.3 is 11.9 Å². The number of piperidine rings is 1. The zero-order valence-corrected chi connectivity index (χ0v) is 18.8. The molecule has 1 atom stereocenters. The van der Waals surface area contributed by atoms with Crippen molar-refractivity contribution in [3.8, 4) is 0 Å². The van der Waals surface area contributed by atoms with E-state index in [2.05, 4.69) is 14.9 Å². The van der Waals surface area contributed by atoms with Gasteiger partial charge in [0.05, 0.1) is 12.1 Å². The van der Waals surface area contributed by atoms with Crippen molar-refractivity contribution in [1.29, 1.82) is 0 Å². The Morgan fingerprint density at radius 3 is 2.55 bits per heavy atom. The summed E-state index contributed by atoms with van der Waals surface area (Å²) >= 11 is 0. The summed E-state index contributed by atoms with van der Waals surface area (Å²) < 4.78 is 42.1. The number of benzene rings is 1. The summed E-state index contributed by atoms with van der Waals surface area (Å²) in [4.78, 5) is 34.1. The molecule has 0 amide bonds. The van der Waals surface area contributed by atoms with Gasteiger partial charge in [-0.2, -0.15) is 13.2 Å². The lowest BCUT2D eigenvalue weighted by Gasteiger charge is -2.35. The van der Waals surface area contributed by atoms with E-state index in [9.17, 15) is 22.8 Å². The predicted octanol–water partition coefficient (Wildman–Crippen LogP) is 3.97. The first-order chi connectivity index (χ1) is 15.7. The van der Waals surface area contributed by atoms with E-state index in [1.54, 1.807) is 23.7 Å². The standard InChI is InChI=1S/C23H28F3N5O2/c1-3-4-13-31-20-19(21(32)28-22(31)33)29(2)18(27-20)14-30-12-6-5-7-17(30)15-8-10-16(11-9-15)23(24,25)26/h8-11,17H,3-7,12-14H2,1-2H3,(H,28,32,33). The number of alkyl halides is 3. The quantitative estimate of drug-likeness (QED) is 0.600. The minimum atomic E-state index is -4.36. The number of aryl methyl sites for hydroxylation is 2. The average Bonchev–Trinajstić information content (AvgIpc) is 3.10. The highest BCUT2D eigenvalue weighted by atomic mass is 19.4. The topological polar surface area (TPSA) is 75.9 Å². The molecular weight excluding hydrogens is 435 g/mol. The third kappa shape index (κ3) is 4.62. The lowest BCUT2D eigenvalue weighted by atomic mass is 9.94. The maximum atomic E-state index is 13.0. The molecule has 1 fully saturated rings. The summed E-state index contributed by atoms with van der Waals surface area (Å²) in [5.41, 5.74) is -0.0397. The van der Waals surface area contributed by atoms with Crippen LogP contribution in [0, 0.1) is 0 Å². The van der Waals surface area contributed by atoms with Gasteiger partial charge in [0, 0.05) is 19.6 Å². The van der Waals surface area contributed by atoms with Crippen molar-refractivity contribution in [3.63, 3.8) is 0 Å². The van der Waals surface area contributed by atoms with Gasteiger partial charge in [-0.25, -0.2) is 9.78 Å². The Labute approximate surface area is 188 Å². The molecule has 178 valence electrons. The molecule has 2 aromatic heterocycles. The third-order valence-corrected chi connectivity index (χ3v) is 6.42. The molecule has 1 aliphatic rings. The Bertz CT molecular complexity index is 1240. The first kappa shape index (κ1) is 23.3. The van der Waals surface area contributed by atoms with Gasteiger partial charge in [-0.15, -0.1) is 0 Å². The molecule has 1 aliphatic heterocycles. The van der Waals surface area contributed by atoms with E-state index in [4.69, 9.17) is 0 Å². The molecule has 0 aliphatic carbocycles. The van der Waals surface area contributed by atoms with E-state index in [-0.39, 0.29) is 6.04 Å². The minimum absolute atomic E-state index is 0.0404. The number of aromatic amines is 1. The summed E-state index contributed by atoms with van der Waals surface area (Å²) in [7, 11) is 1.76. The van der Waals surface area contributed by atoms with Gasteiger partial charge < -0.3 is 4.57 Å². The number of fused-ring (bicyclic) bond motifs is 1. The van der Waals surface area contributed by atoms with Crippen molar-refractivity contribution in [2.24, 2.45) is 7.05 Å². The number of aromatic nitrogens is 4. The highest BCUT2D eigenvalue weighted by molar-refractivity contribution is 5.70. The normalized spacial score (nSPS) is 17.7. The number of hydrogen-bond donors (Lipinski definition) is 1. The number of likely N-dealkylation sites (tertiary alicyclic amines) is 1. The lowest BCUT2D eigenvalue weighted by Crippen LogP contribution is -2.34. The number of halogens is 3.